The molecule has 1 amide bonds. The quantitative estimate of drug-likeness (QED) is 0.211. The van der Waals surface area contributed by atoms with E-state index < -0.39 is 17.8 Å². The van der Waals surface area contributed by atoms with Crippen LogP contribution in [0, 0.1) is 0 Å². The number of benzene rings is 4. The Morgan fingerprint density at radius 3 is 2.03 bits per heavy atom. The van der Waals surface area contributed by atoms with Crippen LogP contribution in [0.25, 0.3) is 11.1 Å². The van der Waals surface area contributed by atoms with Crippen molar-refractivity contribution in [3.63, 3.8) is 0 Å². The highest BCUT2D eigenvalue weighted by Gasteiger charge is 2.21. The number of hydrogen-bond acceptors (Lipinski definition) is 4. The molecule has 0 saturated heterocycles. The fourth-order valence-corrected chi connectivity index (χ4v) is 4.54. The molecule has 4 rings (SSSR count). The number of carbonyl (C=O) groups excluding carboxylic acids is 1. The molecule has 0 aliphatic rings. The average molecular weight is 523 g/mol. The zero-order valence-corrected chi connectivity index (χ0v) is 23.1. The number of aliphatic hydroxyl groups excluding tert-OH is 1. The molecule has 0 saturated carbocycles. The molecule has 0 aliphatic heterocycles. The van der Waals surface area contributed by atoms with Crippen LogP contribution in [0.2, 0.25) is 0 Å². The van der Waals surface area contributed by atoms with Gasteiger partial charge in [0, 0.05) is 30.3 Å². The fourth-order valence-electron chi connectivity index (χ4n) is 4.54. The first-order chi connectivity index (χ1) is 18.7. The third-order valence-corrected chi connectivity index (χ3v) is 6.55. The molecule has 4 aromatic rings. The molecule has 0 aliphatic carbocycles. The average Bonchev–Trinajstić information content (AvgIpc) is 2.94. The van der Waals surface area contributed by atoms with Crippen molar-refractivity contribution in [3.8, 4) is 11.1 Å². The molecule has 2 unspecified atom stereocenters. The van der Waals surface area contributed by atoms with Gasteiger partial charge in [-0.2, -0.15) is 0 Å². The van der Waals surface area contributed by atoms with Crippen LogP contribution in [0.1, 0.15) is 62.0 Å². The third kappa shape index (κ3) is 7.71. The standard InChI is InChI=1S/C34H38N2O3/c1-24(22-36-33(38)39-34(2,3)4)29-16-11-17-30(32(37)28-14-9-6-10-15-28)31(29)35-23-25-18-20-27(21-19-25)26-12-7-5-8-13-26/h5-21,24,32,35,37H,22-23H2,1-4H3,(H,36,38). The summed E-state index contributed by atoms with van der Waals surface area (Å²) in [6.45, 7) is 8.59. The van der Waals surface area contributed by atoms with E-state index >= 15 is 0 Å². The third-order valence-electron chi connectivity index (χ3n) is 6.55. The number of aliphatic hydroxyl groups is 1. The van der Waals surface area contributed by atoms with Crippen molar-refractivity contribution >= 4 is 11.8 Å². The number of nitrogens with one attached hydrogen (secondary N) is 2. The topological polar surface area (TPSA) is 70.6 Å². The molecule has 3 N–H and O–H groups in total. The van der Waals surface area contributed by atoms with Crippen molar-refractivity contribution in [2.75, 3.05) is 11.9 Å². The number of ether oxygens (including phenoxy) is 1. The smallest absolute Gasteiger partial charge is 0.407 e. The van der Waals surface area contributed by atoms with Gasteiger partial charge >= 0.3 is 6.09 Å². The lowest BCUT2D eigenvalue weighted by Gasteiger charge is -2.25. The molecule has 0 heterocycles. The summed E-state index contributed by atoms with van der Waals surface area (Å²) in [6, 6.07) is 34.4. The molecule has 0 bridgehead atoms. The van der Waals surface area contributed by atoms with Gasteiger partial charge in [0.1, 0.15) is 11.7 Å². The van der Waals surface area contributed by atoms with Gasteiger partial charge in [0.25, 0.3) is 0 Å². The van der Waals surface area contributed by atoms with Crippen molar-refractivity contribution in [1.29, 1.82) is 0 Å². The molecule has 0 radical (unpaired) electrons. The maximum absolute atomic E-state index is 12.3. The number of rotatable bonds is 9. The van der Waals surface area contributed by atoms with E-state index in [1.165, 1.54) is 11.1 Å². The summed E-state index contributed by atoms with van der Waals surface area (Å²) >= 11 is 0. The Labute approximate surface area is 231 Å². The molecule has 2 atom stereocenters. The minimum absolute atomic E-state index is 0.0246. The summed E-state index contributed by atoms with van der Waals surface area (Å²) < 4.78 is 5.42. The van der Waals surface area contributed by atoms with E-state index in [-0.39, 0.29) is 5.92 Å². The van der Waals surface area contributed by atoms with E-state index in [9.17, 15) is 9.90 Å². The largest absolute Gasteiger partial charge is 0.444 e. The molecule has 202 valence electrons. The molecule has 5 nitrogen and oxygen atoms in total. The Hall–Kier alpha value is -4.09. The van der Waals surface area contributed by atoms with Gasteiger partial charge in [0.05, 0.1) is 0 Å². The van der Waals surface area contributed by atoms with Gasteiger partial charge in [-0.25, -0.2) is 4.79 Å². The Balaban J connectivity index is 1.57. The van der Waals surface area contributed by atoms with Crippen molar-refractivity contribution in [2.45, 2.75) is 51.9 Å². The lowest BCUT2D eigenvalue weighted by atomic mass is 9.91. The number of amides is 1. The summed E-state index contributed by atoms with van der Waals surface area (Å²) in [5, 5.41) is 17.9. The molecule has 4 aromatic carbocycles. The van der Waals surface area contributed by atoms with Crippen LogP contribution in [-0.2, 0) is 11.3 Å². The van der Waals surface area contributed by atoms with Crippen molar-refractivity contribution < 1.29 is 14.6 Å². The molecule has 0 spiro atoms. The van der Waals surface area contributed by atoms with Crippen LogP contribution in [0.3, 0.4) is 0 Å². The van der Waals surface area contributed by atoms with Gasteiger partial charge in [0.15, 0.2) is 0 Å². The summed E-state index contributed by atoms with van der Waals surface area (Å²) in [5.74, 6) is -0.0246. The summed E-state index contributed by atoms with van der Waals surface area (Å²) in [4.78, 5) is 12.3. The van der Waals surface area contributed by atoms with Crippen LogP contribution in [0.15, 0.2) is 103 Å². The van der Waals surface area contributed by atoms with E-state index in [4.69, 9.17) is 4.74 Å². The minimum Gasteiger partial charge on any atom is -0.444 e. The van der Waals surface area contributed by atoms with Gasteiger partial charge in [-0.3, -0.25) is 0 Å². The van der Waals surface area contributed by atoms with Crippen molar-refractivity contribution in [1.82, 2.24) is 5.32 Å². The van der Waals surface area contributed by atoms with Gasteiger partial charge in [-0.1, -0.05) is 110 Å². The number of anilines is 1. The molecular weight excluding hydrogens is 484 g/mol. The maximum Gasteiger partial charge on any atom is 0.407 e. The van der Waals surface area contributed by atoms with E-state index in [0.717, 1.165) is 27.9 Å². The molecule has 39 heavy (non-hydrogen) atoms. The molecule has 0 fully saturated rings. The number of hydrogen-bond donors (Lipinski definition) is 3. The van der Waals surface area contributed by atoms with Gasteiger partial charge < -0.3 is 20.5 Å². The Morgan fingerprint density at radius 2 is 1.38 bits per heavy atom. The molecular formula is C34H38N2O3. The SMILES string of the molecule is CC(CNC(=O)OC(C)(C)C)c1cccc(C(O)c2ccccc2)c1NCc1ccc(-c2ccccc2)cc1. The van der Waals surface area contributed by atoms with Crippen LogP contribution in [-0.4, -0.2) is 23.3 Å². The van der Waals surface area contributed by atoms with E-state index in [1.54, 1.807) is 0 Å². The first kappa shape index (κ1) is 27.9. The monoisotopic (exact) mass is 522 g/mol. The fraction of sp³-hybridized carbons (Fsp3) is 0.265. The molecule has 0 aromatic heterocycles. The zero-order valence-electron chi connectivity index (χ0n) is 23.1. The lowest BCUT2D eigenvalue weighted by Crippen LogP contribution is -2.34. The van der Waals surface area contributed by atoms with Gasteiger partial charge in [-0.05, 0) is 48.6 Å². The first-order valence-corrected chi connectivity index (χ1v) is 13.4. The number of carbonyl (C=O) groups is 1. The van der Waals surface area contributed by atoms with Crippen molar-refractivity contribution in [3.05, 3.63) is 125 Å². The summed E-state index contributed by atoms with van der Waals surface area (Å²) in [6.07, 6.45) is -1.23. The molecule has 5 heteroatoms. The van der Waals surface area contributed by atoms with Gasteiger partial charge in [0.2, 0.25) is 0 Å². The van der Waals surface area contributed by atoms with Crippen LogP contribution >= 0.6 is 0 Å². The normalized spacial score (nSPS) is 12.8. The highest BCUT2D eigenvalue weighted by Crippen LogP contribution is 2.35. The minimum atomic E-state index is -0.792. The summed E-state index contributed by atoms with van der Waals surface area (Å²) in [7, 11) is 0. The second-order valence-corrected chi connectivity index (χ2v) is 10.8. The van der Waals surface area contributed by atoms with Gasteiger partial charge in [-0.15, -0.1) is 0 Å². The predicted molar refractivity (Wildman–Crippen MR) is 159 cm³/mol. The number of para-hydroxylation sites is 1. The predicted octanol–water partition coefficient (Wildman–Crippen LogP) is 7.68. The van der Waals surface area contributed by atoms with E-state index in [0.29, 0.717) is 13.1 Å². The Kier molecular flexibility index (Phi) is 9.05. The van der Waals surface area contributed by atoms with Crippen LogP contribution < -0.4 is 10.6 Å². The van der Waals surface area contributed by atoms with E-state index in [1.807, 2.05) is 87.5 Å². The summed E-state index contributed by atoms with van der Waals surface area (Å²) in [5.41, 5.74) is 6.43. The van der Waals surface area contributed by atoms with Crippen LogP contribution in [0.4, 0.5) is 10.5 Å². The van der Waals surface area contributed by atoms with Crippen molar-refractivity contribution in [2.24, 2.45) is 0 Å². The Morgan fingerprint density at radius 1 is 0.795 bits per heavy atom. The van der Waals surface area contributed by atoms with E-state index in [2.05, 4.69) is 54.0 Å². The Bertz CT molecular complexity index is 1350. The van der Waals surface area contributed by atoms with Crippen LogP contribution in [0.5, 0.6) is 0 Å². The highest BCUT2D eigenvalue weighted by atomic mass is 16.6. The highest BCUT2D eigenvalue weighted by molar-refractivity contribution is 5.68. The second-order valence-electron chi connectivity index (χ2n) is 10.8. The lowest BCUT2D eigenvalue weighted by molar-refractivity contribution is 0.0525. The number of alkyl carbamates (subject to hydrolysis) is 1. The zero-order chi connectivity index (χ0) is 27.8. The maximum atomic E-state index is 12.3. The first-order valence-electron chi connectivity index (χ1n) is 13.4. The second kappa shape index (κ2) is 12.6.